The minimum Gasteiger partial charge on any atom is -0.354 e. The van der Waals surface area contributed by atoms with Gasteiger partial charge in [-0.2, -0.15) is 0 Å². The number of hydrogen-bond donors (Lipinski definition) is 1. The molecule has 1 amide bonds. The van der Waals surface area contributed by atoms with E-state index in [1.54, 1.807) is 0 Å². The molecule has 1 aromatic heterocycles. The van der Waals surface area contributed by atoms with Gasteiger partial charge in [-0.3, -0.25) is 14.2 Å². The quantitative estimate of drug-likeness (QED) is 0.591. The highest BCUT2D eigenvalue weighted by atomic mass is 32.2. The first-order valence-corrected chi connectivity index (χ1v) is 6.72. The van der Waals surface area contributed by atoms with Crippen LogP contribution in [0.4, 0.5) is 0 Å². The first-order valence-electron chi connectivity index (χ1n) is 5.73. The summed E-state index contributed by atoms with van der Waals surface area (Å²) in [7, 11) is 2.95. The van der Waals surface area contributed by atoms with Crippen molar-refractivity contribution in [2.24, 2.45) is 0 Å². The van der Waals surface area contributed by atoms with Gasteiger partial charge in [0.2, 0.25) is 0 Å². The number of methoxy groups -OCH3 is 2. The molecule has 1 aromatic rings. The van der Waals surface area contributed by atoms with Crippen molar-refractivity contribution in [1.82, 2.24) is 14.9 Å². The molecule has 1 aliphatic rings. The van der Waals surface area contributed by atoms with E-state index in [9.17, 15) is 9.59 Å². The zero-order valence-corrected chi connectivity index (χ0v) is 11.5. The molecule has 1 aliphatic heterocycles. The van der Waals surface area contributed by atoms with Crippen LogP contribution < -0.4 is 10.9 Å². The molecular formula is C11H15N3O4S. The van der Waals surface area contributed by atoms with Gasteiger partial charge in [-0.15, -0.1) is 0 Å². The van der Waals surface area contributed by atoms with Crippen LogP contribution in [0.25, 0.3) is 0 Å². The van der Waals surface area contributed by atoms with Crippen molar-refractivity contribution in [2.75, 3.05) is 26.5 Å². The van der Waals surface area contributed by atoms with Gasteiger partial charge in [-0.25, -0.2) is 4.98 Å². The maximum Gasteiger partial charge on any atom is 0.267 e. The first kappa shape index (κ1) is 14.0. The van der Waals surface area contributed by atoms with Gasteiger partial charge in [-0.05, 0) is 0 Å². The molecule has 0 saturated carbocycles. The van der Waals surface area contributed by atoms with Gasteiger partial charge in [0.05, 0.1) is 6.54 Å². The summed E-state index contributed by atoms with van der Waals surface area (Å²) in [4.78, 5) is 28.1. The fraction of sp³-hybridized carbons (Fsp3) is 0.545. The summed E-state index contributed by atoms with van der Waals surface area (Å²) in [5.41, 5.74) is -0.268. The molecule has 8 heteroatoms. The minimum atomic E-state index is -0.537. The van der Waals surface area contributed by atoms with Crippen molar-refractivity contribution in [1.29, 1.82) is 0 Å². The standard InChI is InChI=1S/C11H15N3O4S/c1-17-8(18-2)6-12-9(15)7-5-13-11-14(10(7)16)3-4-19-11/h5,8H,3-4,6H2,1-2H3,(H,12,15). The lowest BCUT2D eigenvalue weighted by molar-refractivity contribution is -0.0974. The summed E-state index contributed by atoms with van der Waals surface area (Å²) in [6, 6.07) is 0. The first-order chi connectivity index (χ1) is 9.17. The van der Waals surface area contributed by atoms with Crippen LogP contribution in [0.1, 0.15) is 10.4 Å². The Bertz CT molecular complexity index is 527. The molecule has 0 unspecified atom stereocenters. The Balaban J connectivity index is 2.10. The Morgan fingerprint density at radius 3 is 3.00 bits per heavy atom. The maximum absolute atomic E-state index is 12.1. The molecule has 1 N–H and O–H groups in total. The number of thioether (sulfide) groups is 1. The SMILES string of the molecule is COC(CNC(=O)c1cnc2n(c1=O)CCS2)OC. The van der Waals surface area contributed by atoms with Crippen molar-refractivity contribution in [2.45, 2.75) is 18.0 Å². The van der Waals surface area contributed by atoms with Gasteiger partial charge in [0.1, 0.15) is 5.56 Å². The second-order valence-corrected chi connectivity index (χ2v) is 4.93. The third-order valence-electron chi connectivity index (χ3n) is 2.76. The Morgan fingerprint density at radius 1 is 1.58 bits per heavy atom. The number of carbonyl (C=O) groups excluding carboxylic acids is 1. The van der Waals surface area contributed by atoms with E-state index in [1.807, 2.05) is 0 Å². The highest BCUT2D eigenvalue weighted by molar-refractivity contribution is 7.99. The summed E-state index contributed by atoms with van der Waals surface area (Å²) in [6.45, 7) is 0.757. The number of nitrogens with zero attached hydrogens (tertiary/aromatic N) is 2. The Morgan fingerprint density at radius 2 is 2.32 bits per heavy atom. The highest BCUT2D eigenvalue weighted by Crippen LogP contribution is 2.20. The number of aromatic nitrogens is 2. The van der Waals surface area contributed by atoms with E-state index in [4.69, 9.17) is 9.47 Å². The molecule has 7 nitrogen and oxygen atoms in total. The van der Waals surface area contributed by atoms with Gasteiger partial charge in [-0.1, -0.05) is 11.8 Å². The van der Waals surface area contributed by atoms with E-state index in [2.05, 4.69) is 10.3 Å². The lowest BCUT2D eigenvalue weighted by Crippen LogP contribution is -2.38. The molecule has 0 atom stereocenters. The number of amides is 1. The van der Waals surface area contributed by atoms with E-state index < -0.39 is 12.2 Å². The molecule has 104 valence electrons. The lowest BCUT2D eigenvalue weighted by atomic mass is 10.3. The Hall–Kier alpha value is -1.38. The zero-order valence-electron chi connectivity index (χ0n) is 10.7. The third kappa shape index (κ3) is 2.96. The summed E-state index contributed by atoms with van der Waals surface area (Å²) in [6.07, 6.45) is 0.779. The topological polar surface area (TPSA) is 82.5 Å². The van der Waals surface area contributed by atoms with Crippen LogP contribution in [0.15, 0.2) is 16.1 Å². The average Bonchev–Trinajstić information content (AvgIpc) is 2.89. The number of rotatable bonds is 5. The van der Waals surface area contributed by atoms with Crippen LogP contribution in [0.3, 0.4) is 0 Å². The highest BCUT2D eigenvalue weighted by Gasteiger charge is 2.20. The van der Waals surface area contributed by atoms with E-state index in [0.29, 0.717) is 11.7 Å². The van der Waals surface area contributed by atoms with Gasteiger partial charge >= 0.3 is 0 Å². The smallest absolute Gasteiger partial charge is 0.267 e. The number of fused-ring (bicyclic) bond motifs is 1. The van der Waals surface area contributed by atoms with Crippen molar-refractivity contribution in [3.63, 3.8) is 0 Å². The number of ether oxygens (including phenoxy) is 2. The normalized spacial score (nSPS) is 13.6. The third-order valence-corrected chi connectivity index (χ3v) is 3.73. The average molecular weight is 285 g/mol. The van der Waals surface area contributed by atoms with Gasteiger partial charge in [0.15, 0.2) is 11.4 Å². The van der Waals surface area contributed by atoms with Crippen molar-refractivity contribution >= 4 is 17.7 Å². The molecule has 0 spiro atoms. The summed E-state index contributed by atoms with van der Waals surface area (Å²) in [5, 5.41) is 3.24. The second kappa shape index (κ2) is 6.18. The fourth-order valence-electron chi connectivity index (χ4n) is 1.71. The molecule has 0 saturated heterocycles. The summed E-state index contributed by atoms with van der Waals surface area (Å²) < 4.78 is 11.4. The molecule has 0 bridgehead atoms. The minimum absolute atomic E-state index is 0.0391. The van der Waals surface area contributed by atoms with Gasteiger partial charge < -0.3 is 14.8 Å². The second-order valence-electron chi connectivity index (χ2n) is 3.87. The Kier molecular flexibility index (Phi) is 4.56. The van der Waals surface area contributed by atoms with Crippen LogP contribution in [0.2, 0.25) is 0 Å². The lowest BCUT2D eigenvalue weighted by Gasteiger charge is -2.14. The predicted molar refractivity (Wildman–Crippen MR) is 69.4 cm³/mol. The number of hydrogen-bond acceptors (Lipinski definition) is 6. The molecule has 2 heterocycles. The molecule has 2 rings (SSSR count). The number of carbonyl (C=O) groups is 1. The monoisotopic (exact) mass is 285 g/mol. The Labute approximate surface area is 114 Å². The maximum atomic E-state index is 12.1. The van der Waals surface area contributed by atoms with Gasteiger partial charge in [0, 0.05) is 32.7 Å². The van der Waals surface area contributed by atoms with Gasteiger partial charge in [0.25, 0.3) is 11.5 Å². The summed E-state index contributed by atoms with van der Waals surface area (Å²) in [5.74, 6) is 0.340. The largest absolute Gasteiger partial charge is 0.354 e. The van der Waals surface area contributed by atoms with Crippen molar-refractivity contribution in [3.05, 3.63) is 22.1 Å². The van der Waals surface area contributed by atoms with Crippen LogP contribution in [-0.2, 0) is 16.0 Å². The van der Waals surface area contributed by atoms with Crippen molar-refractivity contribution in [3.8, 4) is 0 Å². The van der Waals surface area contributed by atoms with E-state index in [0.717, 1.165) is 5.75 Å². The van der Waals surface area contributed by atoms with Crippen LogP contribution >= 0.6 is 11.8 Å². The fourth-order valence-corrected chi connectivity index (χ4v) is 2.62. The van der Waals surface area contributed by atoms with E-state index >= 15 is 0 Å². The molecule has 0 aromatic carbocycles. The zero-order chi connectivity index (χ0) is 13.8. The molecular weight excluding hydrogens is 270 g/mol. The van der Waals surface area contributed by atoms with E-state index in [-0.39, 0.29) is 17.7 Å². The van der Waals surface area contributed by atoms with Crippen LogP contribution in [0, 0.1) is 0 Å². The molecule has 19 heavy (non-hydrogen) atoms. The van der Waals surface area contributed by atoms with Crippen LogP contribution in [-0.4, -0.2) is 48.3 Å². The van der Waals surface area contributed by atoms with Crippen molar-refractivity contribution < 1.29 is 14.3 Å². The van der Waals surface area contributed by atoms with E-state index in [1.165, 1.54) is 36.7 Å². The van der Waals surface area contributed by atoms with Crippen LogP contribution in [0.5, 0.6) is 0 Å². The molecule has 0 aliphatic carbocycles. The predicted octanol–water partition coefficient (Wildman–Crippen LogP) is -0.302. The molecule has 0 fully saturated rings. The number of nitrogens with one attached hydrogen (secondary N) is 1. The summed E-state index contributed by atoms with van der Waals surface area (Å²) >= 11 is 1.51. The molecule has 0 radical (unpaired) electrons.